The van der Waals surface area contributed by atoms with Gasteiger partial charge in [-0.05, 0) is 18.9 Å². The standard InChI is InChI=1S/C17H17N7O3S/c18-5-4-17(8-23(9-17)28(26,27)11-1-2-11)24-7-13(16(25)22-24)14-12-3-6-19-15(12)21-10-20-14/h3,6-7,10-11H,1-2,4,8-9H2,(H,22,25)(H,19,20,21). The average molecular weight is 399 g/mol. The summed E-state index contributed by atoms with van der Waals surface area (Å²) >= 11 is 0. The Balaban J connectivity index is 1.53. The van der Waals surface area contributed by atoms with Gasteiger partial charge < -0.3 is 4.98 Å². The van der Waals surface area contributed by atoms with Crippen LogP contribution in [-0.2, 0) is 15.6 Å². The van der Waals surface area contributed by atoms with E-state index in [1.165, 1.54) is 10.6 Å². The molecule has 0 atom stereocenters. The molecule has 5 rings (SSSR count). The third-order valence-electron chi connectivity index (χ3n) is 5.50. The summed E-state index contributed by atoms with van der Waals surface area (Å²) in [4.78, 5) is 24.0. The zero-order valence-electron chi connectivity index (χ0n) is 14.8. The van der Waals surface area contributed by atoms with E-state index >= 15 is 0 Å². The molecule has 2 N–H and O–H groups in total. The van der Waals surface area contributed by atoms with Crippen molar-refractivity contribution in [3.63, 3.8) is 0 Å². The molecule has 28 heavy (non-hydrogen) atoms. The number of rotatable bonds is 5. The lowest BCUT2D eigenvalue weighted by molar-refractivity contribution is 0.0711. The van der Waals surface area contributed by atoms with Gasteiger partial charge in [0.25, 0.3) is 5.56 Å². The van der Waals surface area contributed by atoms with Crippen molar-refractivity contribution in [3.8, 4) is 17.3 Å². The van der Waals surface area contributed by atoms with Gasteiger partial charge >= 0.3 is 0 Å². The van der Waals surface area contributed by atoms with Gasteiger partial charge in [0.2, 0.25) is 10.0 Å². The maximum atomic E-state index is 12.6. The first-order chi connectivity index (χ1) is 13.4. The van der Waals surface area contributed by atoms with Gasteiger partial charge in [0, 0.05) is 30.9 Å². The Bertz CT molecular complexity index is 1270. The number of sulfonamides is 1. The molecular weight excluding hydrogens is 382 g/mol. The highest BCUT2D eigenvalue weighted by Gasteiger charge is 2.53. The Morgan fingerprint density at radius 3 is 2.82 bits per heavy atom. The molecule has 0 amide bonds. The van der Waals surface area contributed by atoms with E-state index in [-0.39, 0.29) is 30.3 Å². The smallest absolute Gasteiger partial charge is 0.273 e. The molecule has 3 aromatic rings. The fourth-order valence-electron chi connectivity index (χ4n) is 3.76. The second kappa shape index (κ2) is 5.76. The number of H-pyrrole nitrogens is 2. The minimum absolute atomic E-state index is 0.0943. The molecule has 0 bridgehead atoms. The maximum Gasteiger partial charge on any atom is 0.273 e. The molecule has 4 heterocycles. The number of aromatic amines is 2. The van der Waals surface area contributed by atoms with Crippen LogP contribution in [0.5, 0.6) is 0 Å². The van der Waals surface area contributed by atoms with Gasteiger partial charge in [0.05, 0.1) is 29.0 Å². The van der Waals surface area contributed by atoms with Crippen LogP contribution in [0, 0.1) is 11.3 Å². The molecule has 2 fully saturated rings. The molecule has 0 unspecified atom stereocenters. The molecule has 1 saturated heterocycles. The van der Waals surface area contributed by atoms with E-state index in [9.17, 15) is 18.5 Å². The highest BCUT2D eigenvalue weighted by atomic mass is 32.2. The van der Waals surface area contributed by atoms with Crippen LogP contribution in [0.2, 0.25) is 0 Å². The summed E-state index contributed by atoms with van der Waals surface area (Å²) in [6, 6.07) is 3.92. The minimum atomic E-state index is -3.31. The van der Waals surface area contributed by atoms with Gasteiger partial charge in [0.15, 0.2) is 0 Å². The zero-order valence-corrected chi connectivity index (χ0v) is 15.6. The Morgan fingerprint density at radius 1 is 1.32 bits per heavy atom. The molecule has 144 valence electrons. The molecule has 11 heteroatoms. The number of hydrogen-bond donors (Lipinski definition) is 2. The fraction of sp³-hybridized carbons (Fsp3) is 0.412. The van der Waals surface area contributed by atoms with Crippen molar-refractivity contribution in [3.05, 3.63) is 35.1 Å². The number of hydrogen-bond acceptors (Lipinski definition) is 6. The summed E-state index contributed by atoms with van der Waals surface area (Å²) in [6.07, 6.45) is 6.19. The van der Waals surface area contributed by atoms with E-state index in [0.29, 0.717) is 35.1 Å². The predicted molar refractivity (Wildman–Crippen MR) is 99.7 cm³/mol. The highest BCUT2D eigenvalue weighted by molar-refractivity contribution is 7.90. The first kappa shape index (κ1) is 17.2. The number of nitrogens with one attached hydrogen (secondary N) is 2. The van der Waals surface area contributed by atoms with Gasteiger partial charge in [-0.25, -0.2) is 18.4 Å². The lowest BCUT2D eigenvalue weighted by atomic mass is 9.89. The predicted octanol–water partition coefficient (Wildman–Crippen LogP) is 0.531. The van der Waals surface area contributed by atoms with Crippen LogP contribution in [0.25, 0.3) is 22.3 Å². The fourth-order valence-corrected chi connectivity index (χ4v) is 5.76. The zero-order chi connectivity index (χ0) is 19.5. The summed E-state index contributed by atoms with van der Waals surface area (Å²) in [5.74, 6) is 0. The van der Waals surface area contributed by atoms with Crippen LogP contribution in [0.4, 0.5) is 0 Å². The van der Waals surface area contributed by atoms with Crippen LogP contribution in [-0.4, -0.2) is 55.8 Å². The van der Waals surface area contributed by atoms with Crippen LogP contribution in [0.1, 0.15) is 19.3 Å². The Labute approximate surface area is 159 Å². The Morgan fingerprint density at radius 2 is 2.11 bits per heavy atom. The monoisotopic (exact) mass is 399 g/mol. The SMILES string of the molecule is N#CCC1(n2cc(-c3ncnc4[nH]ccc34)c(=O)[nH]2)CN(S(=O)(=O)C2CC2)C1. The summed E-state index contributed by atoms with van der Waals surface area (Å²) < 4.78 is 27.9. The average Bonchev–Trinajstić information content (AvgIpc) is 3.28. The lowest BCUT2D eigenvalue weighted by Gasteiger charge is -2.48. The van der Waals surface area contributed by atoms with E-state index in [2.05, 4.69) is 26.1 Å². The van der Waals surface area contributed by atoms with Crippen LogP contribution < -0.4 is 5.56 Å². The Kier molecular flexibility index (Phi) is 3.53. The summed E-state index contributed by atoms with van der Waals surface area (Å²) in [5, 5.41) is 12.5. The number of fused-ring (bicyclic) bond motifs is 1. The summed E-state index contributed by atoms with van der Waals surface area (Å²) in [5.41, 5.74) is 0.336. The van der Waals surface area contributed by atoms with Crippen LogP contribution >= 0.6 is 0 Å². The topological polar surface area (TPSA) is 141 Å². The molecule has 2 aliphatic rings. The van der Waals surface area contributed by atoms with E-state index in [1.807, 2.05) is 0 Å². The lowest BCUT2D eigenvalue weighted by Crippen LogP contribution is -2.64. The van der Waals surface area contributed by atoms with Crippen molar-refractivity contribution in [2.24, 2.45) is 0 Å². The second-order valence-corrected chi connectivity index (χ2v) is 9.60. The number of nitriles is 1. The number of aromatic nitrogens is 5. The van der Waals surface area contributed by atoms with Crippen molar-refractivity contribution in [2.45, 2.75) is 30.1 Å². The molecule has 0 radical (unpaired) electrons. The molecule has 0 spiro atoms. The molecule has 0 aromatic carbocycles. The quantitative estimate of drug-likeness (QED) is 0.641. The first-order valence-electron chi connectivity index (χ1n) is 8.91. The van der Waals surface area contributed by atoms with Gasteiger partial charge in [0.1, 0.15) is 17.5 Å². The second-order valence-electron chi connectivity index (χ2n) is 7.39. The van der Waals surface area contributed by atoms with Crippen molar-refractivity contribution >= 4 is 21.1 Å². The Hall–Kier alpha value is -2.97. The van der Waals surface area contributed by atoms with E-state index in [4.69, 9.17) is 0 Å². The van der Waals surface area contributed by atoms with Crippen molar-refractivity contribution in [2.75, 3.05) is 13.1 Å². The van der Waals surface area contributed by atoms with Crippen LogP contribution in [0.15, 0.2) is 29.6 Å². The molecule has 3 aromatic heterocycles. The van der Waals surface area contributed by atoms with Gasteiger partial charge in [-0.15, -0.1) is 0 Å². The molecular formula is C17H17N7O3S. The molecule has 10 nitrogen and oxygen atoms in total. The van der Waals surface area contributed by atoms with E-state index in [1.54, 1.807) is 23.1 Å². The highest BCUT2D eigenvalue weighted by Crippen LogP contribution is 2.40. The van der Waals surface area contributed by atoms with Gasteiger partial charge in [-0.3, -0.25) is 14.6 Å². The maximum absolute atomic E-state index is 12.6. The third kappa shape index (κ3) is 2.42. The van der Waals surface area contributed by atoms with Crippen molar-refractivity contribution in [1.29, 1.82) is 5.26 Å². The largest absolute Gasteiger partial charge is 0.346 e. The molecule has 1 aliphatic heterocycles. The van der Waals surface area contributed by atoms with E-state index < -0.39 is 15.6 Å². The third-order valence-corrected chi connectivity index (χ3v) is 7.79. The minimum Gasteiger partial charge on any atom is -0.346 e. The summed E-state index contributed by atoms with van der Waals surface area (Å²) in [7, 11) is -3.31. The molecule has 1 aliphatic carbocycles. The van der Waals surface area contributed by atoms with Crippen LogP contribution in [0.3, 0.4) is 0 Å². The van der Waals surface area contributed by atoms with Crippen molar-refractivity contribution in [1.82, 2.24) is 29.0 Å². The molecule has 1 saturated carbocycles. The van der Waals surface area contributed by atoms with E-state index in [0.717, 1.165) is 0 Å². The van der Waals surface area contributed by atoms with Gasteiger partial charge in [-0.2, -0.15) is 9.57 Å². The normalized spacial score (nSPS) is 19.4. The summed E-state index contributed by atoms with van der Waals surface area (Å²) in [6.45, 7) is 0.347. The van der Waals surface area contributed by atoms with Crippen molar-refractivity contribution < 1.29 is 8.42 Å². The first-order valence-corrected chi connectivity index (χ1v) is 10.4. The van der Waals surface area contributed by atoms with Gasteiger partial charge in [-0.1, -0.05) is 0 Å². The number of nitrogens with zero attached hydrogens (tertiary/aromatic N) is 5.